The Hall–Kier alpha value is -3.09. The van der Waals surface area contributed by atoms with Gasteiger partial charge in [0.25, 0.3) is 5.91 Å². The summed E-state index contributed by atoms with van der Waals surface area (Å²) in [4.78, 5) is 12.5. The van der Waals surface area contributed by atoms with Gasteiger partial charge in [0.2, 0.25) is 5.13 Å². The third-order valence-corrected chi connectivity index (χ3v) is 5.70. The number of amides is 1. The van der Waals surface area contributed by atoms with Crippen LogP contribution in [0.25, 0.3) is 0 Å². The Bertz CT molecular complexity index is 1010. The molecule has 0 aliphatic rings. The van der Waals surface area contributed by atoms with E-state index in [1.165, 1.54) is 37.3 Å². The lowest BCUT2D eigenvalue weighted by atomic mass is 10.2. The molecule has 0 atom stereocenters. The maximum atomic E-state index is 12.5. The van der Waals surface area contributed by atoms with E-state index in [9.17, 15) is 4.79 Å². The number of nitrogens with zero attached hydrogens (tertiary/aromatic N) is 3. The molecule has 3 rings (SSSR count). The minimum atomic E-state index is -0.327. The van der Waals surface area contributed by atoms with Crippen molar-refractivity contribution < 1.29 is 14.3 Å². The molecule has 0 saturated carbocycles. The number of rotatable bonds is 7. The van der Waals surface area contributed by atoms with Crippen LogP contribution in [-0.2, 0) is 5.75 Å². The number of benzene rings is 2. The fourth-order valence-corrected chi connectivity index (χ4v) is 3.99. The highest BCUT2D eigenvalue weighted by Crippen LogP contribution is 2.29. The maximum Gasteiger partial charge on any atom is 0.257 e. The fraction of sp³-hybridized carbons (Fsp3) is 0.158. The number of anilines is 1. The molecule has 1 aromatic heterocycles. The van der Waals surface area contributed by atoms with Gasteiger partial charge in [0.15, 0.2) is 4.34 Å². The predicted molar refractivity (Wildman–Crippen MR) is 108 cm³/mol. The average molecular weight is 412 g/mol. The van der Waals surface area contributed by atoms with E-state index in [0.29, 0.717) is 33.5 Å². The van der Waals surface area contributed by atoms with Crippen LogP contribution in [0.1, 0.15) is 21.5 Å². The normalized spacial score (nSPS) is 10.2. The van der Waals surface area contributed by atoms with Crippen LogP contribution in [0.5, 0.6) is 11.5 Å². The van der Waals surface area contributed by atoms with Crippen LogP contribution in [0.3, 0.4) is 0 Å². The number of methoxy groups -OCH3 is 2. The van der Waals surface area contributed by atoms with Gasteiger partial charge in [-0.2, -0.15) is 5.26 Å². The Morgan fingerprint density at radius 2 is 1.93 bits per heavy atom. The SMILES string of the molecule is COc1cc(OC)cc(C(=O)Nc2nnc(SCc3cccc(C#N)c3)s2)c1. The molecule has 0 aliphatic heterocycles. The molecule has 28 heavy (non-hydrogen) atoms. The minimum absolute atomic E-state index is 0.327. The number of carbonyl (C=O) groups is 1. The van der Waals surface area contributed by atoms with Gasteiger partial charge < -0.3 is 9.47 Å². The zero-order chi connectivity index (χ0) is 19.9. The number of ether oxygens (including phenoxy) is 2. The number of hydrogen-bond donors (Lipinski definition) is 1. The lowest BCUT2D eigenvalue weighted by Gasteiger charge is -2.07. The Labute approximate surface area is 170 Å². The Morgan fingerprint density at radius 3 is 2.61 bits per heavy atom. The maximum absolute atomic E-state index is 12.5. The van der Waals surface area contributed by atoms with Crippen molar-refractivity contribution >= 4 is 34.1 Å². The topological polar surface area (TPSA) is 97.1 Å². The zero-order valence-electron chi connectivity index (χ0n) is 15.1. The highest BCUT2D eigenvalue weighted by atomic mass is 32.2. The van der Waals surface area contributed by atoms with Crippen molar-refractivity contribution in [1.29, 1.82) is 5.26 Å². The molecule has 0 radical (unpaired) electrons. The number of hydrogen-bond acceptors (Lipinski definition) is 8. The van der Waals surface area contributed by atoms with Gasteiger partial charge >= 0.3 is 0 Å². The largest absolute Gasteiger partial charge is 0.497 e. The van der Waals surface area contributed by atoms with E-state index in [2.05, 4.69) is 21.6 Å². The fourth-order valence-electron chi connectivity index (χ4n) is 2.30. The molecule has 0 fully saturated rings. The average Bonchev–Trinajstić information content (AvgIpc) is 3.19. The second kappa shape index (κ2) is 9.21. The first kappa shape index (κ1) is 19.7. The molecule has 2 aromatic carbocycles. The number of carbonyl (C=O) groups excluding carboxylic acids is 1. The van der Waals surface area contributed by atoms with Crippen molar-refractivity contribution in [3.05, 3.63) is 59.2 Å². The molecular weight excluding hydrogens is 396 g/mol. The van der Waals surface area contributed by atoms with E-state index in [0.717, 1.165) is 9.90 Å². The minimum Gasteiger partial charge on any atom is -0.497 e. The van der Waals surface area contributed by atoms with Gasteiger partial charge in [0.05, 0.1) is 25.9 Å². The van der Waals surface area contributed by atoms with Gasteiger partial charge in [-0.15, -0.1) is 10.2 Å². The first-order valence-corrected chi connectivity index (χ1v) is 9.91. The number of nitrogens with one attached hydrogen (secondary N) is 1. The molecule has 7 nitrogen and oxygen atoms in total. The van der Waals surface area contributed by atoms with E-state index in [1.807, 2.05) is 18.2 Å². The van der Waals surface area contributed by atoms with Crippen LogP contribution in [0.15, 0.2) is 46.8 Å². The number of thioether (sulfide) groups is 1. The molecule has 9 heteroatoms. The summed E-state index contributed by atoms with van der Waals surface area (Å²) < 4.78 is 11.1. The molecule has 0 unspecified atom stereocenters. The standard InChI is InChI=1S/C19H16N4O3S2/c1-25-15-7-14(8-16(9-15)26-2)17(24)21-18-22-23-19(28-18)27-11-13-5-3-4-12(6-13)10-20/h3-9H,11H2,1-2H3,(H,21,22,24). The summed E-state index contributed by atoms with van der Waals surface area (Å²) in [5.74, 6) is 1.38. The van der Waals surface area contributed by atoms with Crippen molar-refractivity contribution in [3.8, 4) is 17.6 Å². The van der Waals surface area contributed by atoms with Gasteiger partial charge in [0.1, 0.15) is 11.5 Å². The van der Waals surface area contributed by atoms with Crippen LogP contribution < -0.4 is 14.8 Å². The lowest BCUT2D eigenvalue weighted by molar-refractivity contribution is 0.102. The highest BCUT2D eigenvalue weighted by Gasteiger charge is 2.13. The number of aromatic nitrogens is 2. The highest BCUT2D eigenvalue weighted by molar-refractivity contribution is 8.00. The van der Waals surface area contributed by atoms with Gasteiger partial charge in [-0.05, 0) is 29.8 Å². The molecule has 0 bridgehead atoms. The van der Waals surface area contributed by atoms with Gasteiger partial charge in [0, 0.05) is 17.4 Å². The quantitative estimate of drug-likeness (QED) is 0.463. The summed E-state index contributed by atoms with van der Waals surface area (Å²) in [6.45, 7) is 0. The van der Waals surface area contributed by atoms with Crippen LogP contribution in [-0.4, -0.2) is 30.3 Å². The van der Waals surface area contributed by atoms with Crippen molar-refractivity contribution in [1.82, 2.24) is 10.2 Å². The van der Waals surface area contributed by atoms with E-state index in [1.54, 1.807) is 24.3 Å². The Balaban J connectivity index is 1.64. The summed E-state index contributed by atoms with van der Waals surface area (Å²) in [7, 11) is 3.05. The Morgan fingerprint density at radius 1 is 1.18 bits per heavy atom. The predicted octanol–water partition coefficient (Wildman–Crippen LogP) is 3.97. The monoisotopic (exact) mass is 412 g/mol. The summed E-state index contributed by atoms with van der Waals surface area (Å²) in [5.41, 5.74) is 2.04. The molecular formula is C19H16N4O3S2. The van der Waals surface area contributed by atoms with Crippen molar-refractivity contribution in [3.63, 3.8) is 0 Å². The summed E-state index contributed by atoms with van der Waals surface area (Å²) in [6, 6.07) is 14.5. The van der Waals surface area contributed by atoms with E-state index in [4.69, 9.17) is 14.7 Å². The van der Waals surface area contributed by atoms with Crippen LogP contribution in [0.2, 0.25) is 0 Å². The van der Waals surface area contributed by atoms with Crippen molar-refractivity contribution in [2.24, 2.45) is 0 Å². The molecule has 0 saturated heterocycles. The third kappa shape index (κ3) is 5.00. The van der Waals surface area contributed by atoms with Crippen molar-refractivity contribution in [2.45, 2.75) is 10.1 Å². The van der Waals surface area contributed by atoms with Crippen LogP contribution in [0.4, 0.5) is 5.13 Å². The smallest absolute Gasteiger partial charge is 0.257 e. The second-order valence-corrected chi connectivity index (χ2v) is 7.73. The Kier molecular flexibility index (Phi) is 6.47. The lowest BCUT2D eigenvalue weighted by Crippen LogP contribution is -2.12. The third-order valence-electron chi connectivity index (χ3n) is 3.66. The first-order chi connectivity index (χ1) is 13.6. The van der Waals surface area contributed by atoms with Gasteiger partial charge in [-0.1, -0.05) is 35.2 Å². The van der Waals surface area contributed by atoms with Crippen LogP contribution >= 0.6 is 23.1 Å². The molecule has 0 aliphatic carbocycles. The number of nitriles is 1. The van der Waals surface area contributed by atoms with Crippen molar-refractivity contribution in [2.75, 3.05) is 19.5 Å². The molecule has 3 aromatic rings. The van der Waals surface area contributed by atoms with Gasteiger partial charge in [-0.25, -0.2) is 0 Å². The first-order valence-electron chi connectivity index (χ1n) is 8.11. The van der Waals surface area contributed by atoms with E-state index in [-0.39, 0.29) is 5.91 Å². The molecule has 142 valence electrons. The second-order valence-electron chi connectivity index (χ2n) is 5.53. The summed E-state index contributed by atoms with van der Waals surface area (Å²) in [5, 5.41) is 20.2. The van der Waals surface area contributed by atoms with Crippen LogP contribution in [0, 0.1) is 11.3 Å². The molecule has 0 spiro atoms. The zero-order valence-corrected chi connectivity index (χ0v) is 16.8. The molecule has 1 N–H and O–H groups in total. The molecule has 1 heterocycles. The molecule has 1 amide bonds. The van der Waals surface area contributed by atoms with E-state index >= 15 is 0 Å². The van der Waals surface area contributed by atoms with E-state index < -0.39 is 0 Å². The summed E-state index contributed by atoms with van der Waals surface area (Å²) in [6.07, 6.45) is 0. The summed E-state index contributed by atoms with van der Waals surface area (Å²) >= 11 is 2.78. The van der Waals surface area contributed by atoms with Gasteiger partial charge in [-0.3, -0.25) is 10.1 Å².